The molecule has 2 aromatic rings. The Balaban J connectivity index is 0.000000492. The molecule has 0 spiro atoms. The first kappa shape index (κ1) is 15.4. The zero-order valence-corrected chi connectivity index (χ0v) is 12.0. The van der Waals surface area contributed by atoms with Gasteiger partial charge in [-0.3, -0.25) is 4.99 Å². The third-order valence-electron chi connectivity index (χ3n) is 1.84. The van der Waals surface area contributed by atoms with Crippen molar-refractivity contribution < 1.29 is 25.8 Å². The van der Waals surface area contributed by atoms with Gasteiger partial charge in [-0.2, -0.15) is 6.20 Å². The van der Waals surface area contributed by atoms with Crippen LogP contribution in [-0.4, -0.2) is 6.21 Å². The SMILES string of the molecule is Fc1cccc(F)c1N=Cc1ccc[n-]1.[Cl][Ti][Cl]. The van der Waals surface area contributed by atoms with Crippen LogP contribution < -0.4 is 4.98 Å². The fourth-order valence-corrected chi connectivity index (χ4v) is 1.13. The molecule has 0 saturated carbocycles. The Morgan fingerprint density at radius 1 is 1.11 bits per heavy atom. The summed E-state index contributed by atoms with van der Waals surface area (Å²) in [6.45, 7) is 0. The Bertz CT molecular complexity index is 483. The van der Waals surface area contributed by atoms with Crippen molar-refractivity contribution in [3.8, 4) is 0 Å². The van der Waals surface area contributed by atoms with Gasteiger partial charge >= 0.3 is 35.6 Å². The molecule has 0 amide bonds. The average Bonchev–Trinajstić information content (AvgIpc) is 2.82. The monoisotopic (exact) mass is 323 g/mol. The summed E-state index contributed by atoms with van der Waals surface area (Å²) in [5.41, 5.74) is 0.276. The molecule has 1 heterocycles. The minimum atomic E-state index is -0.683. The zero-order chi connectivity index (χ0) is 13.4. The standard InChI is InChI=1S/C11H7F2N2.2ClH.Ti/c12-9-4-1-5-10(13)11(9)15-7-8-3-2-6-14-8;;;/h1-7H;2*1H;/q-1;;;+2/p-2. The van der Waals surface area contributed by atoms with E-state index in [0.717, 1.165) is 12.1 Å². The fourth-order valence-electron chi connectivity index (χ4n) is 1.13. The quantitative estimate of drug-likeness (QED) is 0.605. The molecule has 2 rings (SSSR count). The molecule has 0 fully saturated rings. The second-order valence-corrected chi connectivity index (χ2v) is 5.54. The molecule has 1 aromatic carbocycles. The topological polar surface area (TPSA) is 26.5 Å². The average molecular weight is 324 g/mol. The molecule has 0 radical (unpaired) electrons. The van der Waals surface area contributed by atoms with E-state index in [2.05, 4.69) is 9.98 Å². The van der Waals surface area contributed by atoms with Crippen molar-refractivity contribution in [1.82, 2.24) is 4.98 Å². The molecule has 0 unspecified atom stereocenters. The minimum absolute atomic E-state index is 0.291. The normalized spacial score (nSPS) is 10.0. The van der Waals surface area contributed by atoms with E-state index in [1.807, 2.05) is 0 Å². The molecule has 0 N–H and O–H groups in total. The number of benzene rings is 1. The summed E-state index contributed by atoms with van der Waals surface area (Å²) in [5.74, 6) is -1.37. The number of halogens is 4. The first-order valence-corrected chi connectivity index (χ1v) is 9.00. The van der Waals surface area contributed by atoms with Gasteiger partial charge in [-0.25, -0.2) is 8.78 Å². The van der Waals surface area contributed by atoms with E-state index >= 15 is 0 Å². The van der Waals surface area contributed by atoms with Crippen LogP contribution in [0.3, 0.4) is 0 Å². The van der Waals surface area contributed by atoms with Gasteiger partial charge in [0.1, 0.15) is 5.69 Å². The predicted octanol–water partition coefficient (Wildman–Crippen LogP) is 4.05. The number of hydrogen-bond donors (Lipinski definition) is 0. The fraction of sp³-hybridized carbons (Fsp3) is 0. The number of aromatic nitrogens is 1. The summed E-state index contributed by atoms with van der Waals surface area (Å²) in [6, 6.07) is 7.04. The van der Waals surface area contributed by atoms with Crippen LogP contribution in [0.1, 0.15) is 5.69 Å². The summed E-state index contributed by atoms with van der Waals surface area (Å²) >= 11 is -0.556. The first-order valence-electron chi connectivity index (χ1n) is 4.71. The Hall–Kier alpha value is -0.676. The summed E-state index contributed by atoms with van der Waals surface area (Å²) < 4.78 is 26.2. The van der Waals surface area contributed by atoms with Gasteiger partial charge in [-0.15, -0.1) is 5.69 Å². The molecular weight excluding hydrogens is 317 g/mol. The second-order valence-electron chi connectivity index (χ2n) is 2.96. The van der Waals surface area contributed by atoms with Crippen LogP contribution in [-0.2, 0) is 17.0 Å². The van der Waals surface area contributed by atoms with Gasteiger partial charge in [0.2, 0.25) is 0 Å². The molecule has 0 aliphatic rings. The molecule has 0 saturated heterocycles. The number of aliphatic imine (C=N–C) groups is 1. The van der Waals surface area contributed by atoms with Crippen molar-refractivity contribution in [3.63, 3.8) is 0 Å². The Morgan fingerprint density at radius 2 is 1.72 bits per heavy atom. The van der Waals surface area contributed by atoms with Crippen LogP contribution in [0.4, 0.5) is 14.5 Å². The molecule has 7 heteroatoms. The Labute approximate surface area is 120 Å². The number of para-hydroxylation sites is 1. The molecule has 0 aliphatic carbocycles. The van der Waals surface area contributed by atoms with Gasteiger partial charge < -0.3 is 4.98 Å². The van der Waals surface area contributed by atoms with Crippen LogP contribution in [0, 0.1) is 11.6 Å². The molecule has 18 heavy (non-hydrogen) atoms. The predicted molar refractivity (Wildman–Crippen MR) is 65.1 cm³/mol. The van der Waals surface area contributed by atoms with Crippen molar-refractivity contribution in [2.75, 3.05) is 0 Å². The van der Waals surface area contributed by atoms with Gasteiger partial charge in [0.15, 0.2) is 11.6 Å². The second kappa shape index (κ2) is 8.43. The van der Waals surface area contributed by atoms with E-state index in [-0.39, 0.29) is 5.69 Å². The van der Waals surface area contributed by atoms with Crippen molar-refractivity contribution >= 4 is 30.5 Å². The molecule has 0 atom stereocenters. The van der Waals surface area contributed by atoms with Crippen LogP contribution >= 0.6 is 18.6 Å². The molecule has 0 aliphatic heterocycles. The van der Waals surface area contributed by atoms with Crippen LogP contribution in [0.2, 0.25) is 0 Å². The number of nitrogens with zero attached hydrogens (tertiary/aromatic N) is 2. The maximum absolute atomic E-state index is 13.1. The van der Waals surface area contributed by atoms with Crippen LogP contribution in [0.15, 0.2) is 41.5 Å². The van der Waals surface area contributed by atoms with Gasteiger partial charge in [-0.05, 0) is 12.1 Å². The van der Waals surface area contributed by atoms with Gasteiger partial charge in [0, 0.05) is 6.21 Å². The van der Waals surface area contributed by atoms with E-state index in [9.17, 15) is 8.78 Å². The van der Waals surface area contributed by atoms with Gasteiger partial charge in [-0.1, -0.05) is 18.2 Å². The van der Waals surface area contributed by atoms with Crippen molar-refractivity contribution in [3.05, 3.63) is 53.9 Å². The van der Waals surface area contributed by atoms with Crippen LogP contribution in [0.5, 0.6) is 0 Å². The molecule has 94 valence electrons. The molecular formula is C11H7Cl2F2N2Ti-. The third-order valence-corrected chi connectivity index (χ3v) is 1.84. The third kappa shape index (κ3) is 4.90. The Kier molecular flexibility index (Phi) is 7.20. The summed E-state index contributed by atoms with van der Waals surface area (Å²) in [4.78, 5) is 7.61. The van der Waals surface area contributed by atoms with Gasteiger partial charge in [0.25, 0.3) is 0 Å². The van der Waals surface area contributed by atoms with Gasteiger partial charge in [0.05, 0.1) is 0 Å². The van der Waals surface area contributed by atoms with Crippen molar-refractivity contribution in [2.24, 2.45) is 4.99 Å². The van der Waals surface area contributed by atoms with E-state index in [0.29, 0.717) is 5.69 Å². The van der Waals surface area contributed by atoms with E-state index < -0.39 is 28.7 Å². The molecule has 2 nitrogen and oxygen atoms in total. The van der Waals surface area contributed by atoms with E-state index in [1.165, 1.54) is 12.3 Å². The summed E-state index contributed by atoms with van der Waals surface area (Å²) in [6.07, 6.45) is 2.90. The first-order chi connectivity index (χ1) is 8.69. The van der Waals surface area contributed by atoms with E-state index in [4.69, 9.17) is 18.6 Å². The maximum atomic E-state index is 13.1. The van der Waals surface area contributed by atoms with Crippen LogP contribution in [0.25, 0.3) is 0 Å². The number of rotatable bonds is 2. The van der Waals surface area contributed by atoms with E-state index in [1.54, 1.807) is 18.3 Å². The summed E-state index contributed by atoms with van der Waals surface area (Å²) in [5, 5.41) is 0. The van der Waals surface area contributed by atoms with Crippen molar-refractivity contribution in [1.29, 1.82) is 0 Å². The molecule has 0 bridgehead atoms. The Morgan fingerprint density at radius 3 is 2.22 bits per heavy atom. The molecule has 1 aromatic heterocycles. The number of hydrogen-bond acceptors (Lipinski definition) is 1. The zero-order valence-electron chi connectivity index (χ0n) is 8.95. The summed E-state index contributed by atoms with van der Waals surface area (Å²) in [7, 11) is 9.78. The van der Waals surface area contributed by atoms with Crippen molar-refractivity contribution in [2.45, 2.75) is 0 Å².